The molecule has 8 aromatic carbocycles. The summed E-state index contributed by atoms with van der Waals surface area (Å²) in [5.41, 5.74) is 14.1. The third-order valence-electron chi connectivity index (χ3n) is 10.1. The molecule has 2 aromatic heterocycles. The Morgan fingerprint density at radius 3 is 1.36 bits per heavy atom. The van der Waals surface area contributed by atoms with E-state index >= 15 is 0 Å². The molecule has 0 aliphatic rings. The monoisotopic (exact) mass is 679 g/mol. The Hall–Kier alpha value is -7.10. The summed E-state index contributed by atoms with van der Waals surface area (Å²) < 4.78 is 12.2. The minimum absolute atomic E-state index is 0.863. The van der Waals surface area contributed by atoms with Crippen molar-refractivity contribution in [1.82, 2.24) is 0 Å². The average Bonchev–Trinajstić information content (AvgIpc) is 3.84. The van der Waals surface area contributed by atoms with Crippen LogP contribution in [0.1, 0.15) is 0 Å². The van der Waals surface area contributed by atoms with E-state index < -0.39 is 0 Å². The van der Waals surface area contributed by atoms with Crippen molar-refractivity contribution < 1.29 is 8.83 Å². The van der Waals surface area contributed by atoms with E-state index in [1.807, 2.05) is 30.3 Å². The number of fused-ring (bicyclic) bond motifs is 4. The molecule has 250 valence electrons. The van der Waals surface area contributed by atoms with E-state index in [-0.39, 0.29) is 0 Å². The van der Waals surface area contributed by atoms with Crippen LogP contribution >= 0.6 is 0 Å². The van der Waals surface area contributed by atoms with Crippen molar-refractivity contribution in [3.63, 3.8) is 0 Å². The fraction of sp³-hybridized carbons (Fsp3) is 0. The molecule has 3 nitrogen and oxygen atoms in total. The first-order valence-electron chi connectivity index (χ1n) is 17.9. The van der Waals surface area contributed by atoms with Gasteiger partial charge in [-0.3, -0.25) is 0 Å². The third kappa shape index (κ3) is 5.75. The van der Waals surface area contributed by atoms with Gasteiger partial charge in [0, 0.05) is 38.8 Å². The van der Waals surface area contributed by atoms with Crippen LogP contribution in [-0.4, -0.2) is 0 Å². The molecule has 0 atom stereocenters. The second-order valence-corrected chi connectivity index (χ2v) is 13.4. The molecule has 0 aliphatic carbocycles. The summed E-state index contributed by atoms with van der Waals surface area (Å²) in [4.78, 5) is 2.31. The van der Waals surface area contributed by atoms with Crippen LogP contribution in [0.3, 0.4) is 0 Å². The summed E-state index contributed by atoms with van der Waals surface area (Å²) in [5, 5.41) is 3.39. The molecule has 0 saturated heterocycles. The van der Waals surface area contributed by atoms with E-state index in [0.717, 1.165) is 66.9 Å². The summed E-state index contributed by atoms with van der Waals surface area (Å²) in [5.74, 6) is 0.863. The molecule has 53 heavy (non-hydrogen) atoms. The summed E-state index contributed by atoms with van der Waals surface area (Å²) in [6.45, 7) is 0. The number of nitrogens with zero attached hydrogens (tertiary/aromatic N) is 1. The van der Waals surface area contributed by atoms with Gasteiger partial charge in [0.25, 0.3) is 0 Å². The van der Waals surface area contributed by atoms with Crippen molar-refractivity contribution >= 4 is 50.0 Å². The van der Waals surface area contributed by atoms with Gasteiger partial charge in [-0.25, -0.2) is 0 Å². The van der Waals surface area contributed by atoms with Crippen molar-refractivity contribution in [2.75, 3.05) is 4.90 Å². The smallest absolute Gasteiger partial charge is 0.135 e. The molecule has 0 unspecified atom stereocenters. The molecule has 0 spiro atoms. The van der Waals surface area contributed by atoms with Gasteiger partial charge in [0.05, 0.1) is 0 Å². The van der Waals surface area contributed by atoms with Crippen LogP contribution in [0.5, 0.6) is 0 Å². The fourth-order valence-electron chi connectivity index (χ4n) is 7.34. The minimum Gasteiger partial charge on any atom is -0.456 e. The van der Waals surface area contributed by atoms with Gasteiger partial charge in [0.2, 0.25) is 0 Å². The van der Waals surface area contributed by atoms with Crippen LogP contribution in [0.4, 0.5) is 17.1 Å². The van der Waals surface area contributed by atoms with Gasteiger partial charge < -0.3 is 13.7 Å². The molecule has 3 heteroatoms. The SMILES string of the molecule is c1ccc(-c2ccc(N(c3ccc(-c4ccc(-c5ccc6oc7ccccc7c6c5)cc4)cc3)c3ccc(-c4cc5ccccc5o4)cc3)cc2)cc1. The molecule has 0 bridgehead atoms. The zero-order chi connectivity index (χ0) is 35.1. The Kier molecular flexibility index (Phi) is 7.47. The number of hydrogen-bond donors (Lipinski definition) is 0. The Morgan fingerprint density at radius 2 is 0.736 bits per heavy atom. The fourth-order valence-corrected chi connectivity index (χ4v) is 7.34. The number of hydrogen-bond acceptors (Lipinski definition) is 3. The van der Waals surface area contributed by atoms with Crippen LogP contribution in [0.15, 0.2) is 209 Å². The summed E-state index contributed by atoms with van der Waals surface area (Å²) in [6.07, 6.45) is 0. The van der Waals surface area contributed by atoms with E-state index in [1.54, 1.807) is 0 Å². The standard InChI is InChI=1S/C50H33NO2/c1-2-8-34(9-3-1)36-18-25-42(26-19-36)51(44-29-22-39(23-30-44)50-33-41-10-4-6-12-47(41)52-50)43-27-20-37(21-28-43)35-14-16-38(17-15-35)40-24-31-49-46(32-40)45-11-5-7-13-48(45)53-49/h1-33H. The van der Waals surface area contributed by atoms with Gasteiger partial charge in [0.1, 0.15) is 22.5 Å². The second kappa shape index (κ2) is 12.9. The summed E-state index contributed by atoms with van der Waals surface area (Å²) in [6, 6.07) is 70.5. The van der Waals surface area contributed by atoms with Crippen LogP contribution in [0, 0.1) is 0 Å². The zero-order valence-electron chi connectivity index (χ0n) is 28.8. The molecule has 0 saturated carbocycles. The van der Waals surface area contributed by atoms with Crippen LogP contribution < -0.4 is 4.90 Å². The van der Waals surface area contributed by atoms with E-state index in [9.17, 15) is 0 Å². The van der Waals surface area contributed by atoms with Crippen molar-refractivity contribution in [2.45, 2.75) is 0 Å². The summed E-state index contributed by atoms with van der Waals surface area (Å²) >= 11 is 0. The first-order valence-corrected chi connectivity index (χ1v) is 17.9. The Bertz CT molecular complexity index is 2810. The minimum atomic E-state index is 0.863. The van der Waals surface area contributed by atoms with Crippen molar-refractivity contribution in [1.29, 1.82) is 0 Å². The Morgan fingerprint density at radius 1 is 0.283 bits per heavy atom. The van der Waals surface area contributed by atoms with Crippen LogP contribution in [0.2, 0.25) is 0 Å². The average molecular weight is 680 g/mol. The highest BCUT2D eigenvalue weighted by molar-refractivity contribution is 6.06. The number of anilines is 3. The largest absolute Gasteiger partial charge is 0.456 e. The molecule has 10 aromatic rings. The molecule has 0 fully saturated rings. The highest BCUT2D eigenvalue weighted by atomic mass is 16.3. The van der Waals surface area contributed by atoms with Crippen LogP contribution in [-0.2, 0) is 0 Å². The lowest BCUT2D eigenvalue weighted by atomic mass is 9.99. The molecule has 0 radical (unpaired) electrons. The number of rotatable bonds is 7. The molecule has 0 aliphatic heterocycles. The van der Waals surface area contributed by atoms with E-state index in [0.29, 0.717) is 0 Å². The van der Waals surface area contributed by atoms with Crippen LogP contribution in [0.25, 0.3) is 77.6 Å². The van der Waals surface area contributed by atoms with E-state index in [4.69, 9.17) is 8.83 Å². The molecule has 0 N–H and O–H groups in total. The lowest BCUT2D eigenvalue weighted by Gasteiger charge is -2.26. The number of para-hydroxylation sites is 2. The van der Waals surface area contributed by atoms with Crippen molar-refractivity contribution in [2.24, 2.45) is 0 Å². The Labute approximate surface area is 307 Å². The molecule has 0 amide bonds. The van der Waals surface area contributed by atoms with Gasteiger partial charge in [-0.1, -0.05) is 121 Å². The molecule has 10 rings (SSSR count). The number of furan rings is 2. The maximum Gasteiger partial charge on any atom is 0.135 e. The van der Waals surface area contributed by atoms with Gasteiger partial charge in [-0.2, -0.15) is 0 Å². The summed E-state index contributed by atoms with van der Waals surface area (Å²) in [7, 11) is 0. The van der Waals surface area contributed by atoms with Crippen molar-refractivity contribution in [3.05, 3.63) is 200 Å². The zero-order valence-corrected chi connectivity index (χ0v) is 28.8. The molecule has 2 heterocycles. The van der Waals surface area contributed by atoms with E-state index in [2.05, 4.69) is 175 Å². The molecular weight excluding hydrogens is 647 g/mol. The highest BCUT2D eigenvalue weighted by Gasteiger charge is 2.15. The predicted molar refractivity (Wildman–Crippen MR) is 220 cm³/mol. The lowest BCUT2D eigenvalue weighted by molar-refractivity contribution is 0.631. The highest BCUT2D eigenvalue weighted by Crippen LogP contribution is 2.39. The quantitative estimate of drug-likeness (QED) is 0.168. The molecular formula is C50H33NO2. The normalized spacial score (nSPS) is 11.4. The maximum atomic E-state index is 6.18. The van der Waals surface area contributed by atoms with Gasteiger partial charge in [-0.05, 0) is 112 Å². The van der Waals surface area contributed by atoms with Crippen molar-refractivity contribution in [3.8, 4) is 44.7 Å². The maximum absolute atomic E-state index is 6.18. The van der Waals surface area contributed by atoms with Gasteiger partial charge in [0.15, 0.2) is 0 Å². The predicted octanol–water partition coefficient (Wildman–Crippen LogP) is 14.5. The number of benzene rings is 8. The first kappa shape index (κ1) is 30.7. The van der Waals surface area contributed by atoms with Gasteiger partial charge >= 0.3 is 0 Å². The van der Waals surface area contributed by atoms with Gasteiger partial charge in [-0.15, -0.1) is 0 Å². The second-order valence-electron chi connectivity index (χ2n) is 13.4. The lowest BCUT2D eigenvalue weighted by Crippen LogP contribution is -2.09. The topological polar surface area (TPSA) is 29.5 Å². The van der Waals surface area contributed by atoms with E-state index in [1.165, 1.54) is 27.8 Å². The first-order chi connectivity index (χ1) is 26.2. The third-order valence-corrected chi connectivity index (χ3v) is 10.1. The Balaban J connectivity index is 0.964.